The maximum Gasteiger partial charge on any atom is 0.167 e. The molecule has 0 unspecified atom stereocenters. The van der Waals surface area contributed by atoms with Gasteiger partial charge in [-0.2, -0.15) is 0 Å². The minimum Gasteiger partial charge on any atom is -0.324 e. The molecule has 2 N–H and O–H groups in total. The number of nitrogens with zero attached hydrogens (tertiary/aromatic N) is 3. The second kappa shape index (κ2) is 5.58. The van der Waals surface area contributed by atoms with Crippen molar-refractivity contribution in [3.63, 3.8) is 0 Å². The number of hydrogen-bond donors (Lipinski definition) is 1. The molecule has 0 atom stereocenters. The largest absolute Gasteiger partial charge is 0.324 e. The van der Waals surface area contributed by atoms with E-state index in [1.807, 2.05) is 11.5 Å². The average Bonchev–Trinajstić information content (AvgIpc) is 2.76. The molecule has 1 aromatic heterocycles. The fraction of sp³-hybridized carbons (Fsp3) is 0.333. The van der Waals surface area contributed by atoms with E-state index in [-0.39, 0.29) is 5.82 Å². The van der Waals surface area contributed by atoms with Crippen LogP contribution in [-0.4, -0.2) is 14.8 Å². The van der Waals surface area contributed by atoms with Gasteiger partial charge < -0.3 is 10.3 Å². The van der Waals surface area contributed by atoms with Gasteiger partial charge in [-0.25, -0.2) is 4.39 Å². The van der Waals surface area contributed by atoms with E-state index in [0.29, 0.717) is 23.8 Å². The van der Waals surface area contributed by atoms with Crippen LogP contribution in [0.15, 0.2) is 22.7 Å². The summed E-state index contributed by atoms with van der Waals surface area (Å²) in [5, 5.41) is 8.06. The molecule has 1 heterocycles. The lowest BCUT2D eigenvalue weighted by atomic mass is 10.2. The van der Waals surface area contributed by atoms with Crippen LogP contribution in [0.1, 0.15) is 19.2 Å². The van der Waals surface area contributed by atoms with Crippen molar-refractivity contribution in [2.75, 3.05) is 0 Å². The first-order valence-electron chi connectivity index (χ1n) is 5.75. The zero-order chi connectivity index (χ0) is 13.1. The zero-order valence-corrected chi connectivity index (χ0v) is 11.6. The van der Waals surface area contributed by atoms with Crippen molar-refractivity contribution in [1.29, 1.82) is 0 Å². The topological polar surface area (TPSA) is 56.7 Å². The summed E-state index contributed by atoms with van der Waals surface area (Å²) in [5.74, 6) is 0.883. The molecule has 0 spiro atoms. The van der Waals surface area contributed by atoms with E-state index in [4.69, 9.17) is 5.73 Å². The maximum absolute atomic E-state index is 13.9. The number of halogens is 2. The van der Waals surface area contributed by atoms with Crippen molar-refractivity contribution in [1.82, 2.24) is 14.8 Å². The predicted molar refractivity (Wildman–Crippen MR) is 71.3 cm³/mol. The third-order valence-corrected chi connectivity index (χ3v) is 3.12. The van der Waals surface area contributed by atoms with Crippen molar-refractivity contribution in [2.24, 2.45) is 5.73 Å². The lowest BCUT2D eigenvalue weighted by Gasteiger charge is -2.09. The van der Waals surface area contributed by atoms with Crippen molar-refractivity contribution in [2.45, 2.75) is 26.4 Å². The number of aromatic nitrogens is 3. The van der Waals surface area contributed by atoms with Crippen LogP contribution in [0.3, 0.4) is 0 Å². The van der Waals surface area contributed by atoms with Crippen molar-refractivity contribution in [3.05, 3.63) is 34.3 Å². The SMILES string of the molecule is CCCn1c(CN)nnc1-c1cc(Br)ccc1F. The Hall–Kier alpha value is -1.27. The highest BCUT2D eigenvalue weighted by Gasteiger charge is 2.15. The Bertz CT molecular complexity index is 553. The van der Waals surface area contributed by atoms with Crippen LogP contribution in [0.2, 0.25) is 0 Å². The Morgan fingerprint density at radius 3 is 2.83 bits per heavy atom. The molecule has 0 fully saturated rings. The van der Waals surface area contributed by atoms with Gasteiger partial charge in [0.2, 0.25) is 0 Å². The molecule has 0 aliphatic rings. The molecule has 18 heavy (non-hydrogen) atoms. The summed E-state index contributed by atoms with van der Waals surface area (Å²) in [7, 11) is 0. The first kappa shape index (κ1) is 13.2. The molecule has 0 saturated heterocycles. The third kappa shape index (κ3) is 2.44. The van der Waals surface area contributed by atoms with Gasteiger partial charge in [-0.3, -0.25) is 0 Å². The van der Waals surface area contributed by atoms with Crippen LogP contribution < -0.4 is 5.73 Å². The van der Waals surface area contributed by atoms with E-state index in [1.54, 1.807) is 12.1 Å². The number of benzene rings is 1. The molecule has 1 aromatic carbocycles. The monoisotopic (exact) mass is 312 g/mol. The molecule has 6 heteroatoms. The third-order valence-electron chi connectivity index (χ3n) is 2.63. The van der Waals surface area contributed by atoms with Crippen LogP contribution in [0.5, 0.6) is 0 Å². The molecule has 4 nitrogen and oxygen atoms in total. The van der Waals surface area contributed by atoms with E-state index in [0.717, 1.165) is 17.4 Å². The second-order valence-corrected chi connectivity index (χ2v) is 4.84. The van der Waals surface area contributed by atoms with Gasteiger partial charge in [0.05, 0.1) is 12.1 Å². The normalized spacial score (nSPS) is 10.9. The number of nitrogens with two attached hydrogens (primary N) is 1. The maximum atomic E-state index is 13.9. The van der Waals surface area contributed by atoms with Gasteiger partial charge in [0.1, 0.15) is 11.6 Å². The van der Waals surface area contributed by atoms with Gasteiger partial charge in [-0.1, -0.05) is 22.9 Å². The van der Waals surface area contributed by atoms with Gasteiger partial charge in [-0.15, -0.1) is 10.2 Å². The Labute approximate surface area is 113 Å². The molecule has 0 bridgehead atoms. The van der Waals surface area contributed by atoms with Gasteiger partial charge in [0.25, 0.3) is 0 Å². The molecule has 0 saturated carbocycles. The quantitative estimate of drug-likeness (QED) is 0.944. The highest BCUT2D eigenvalue weighted by atomic mass is 79.9. The van der Waals surface area contributed by atoms with Crippen molar-refractivity contribution in [3.8, 4) is 11.4 Å². The summed E-state index contributed by atoms with van der Waals surface area (Å²) in [6.07, 6.45) is 0.910. The summed E-state index contributed by atoms with van der Waals surface area (Å²) in [6, 6.07) is 4.77. The van der Waals surface area contributed by atoms with Crippen LogP contribution >= 0.6 is 15.9 Å². The fourth-order valence-electron chi connectivity index (χ4n) is 1.81. The van der Waals surface area contributed by atoms with Crippen molar-refractivity contribution >= 4 is 15.9 Å². The van der Waals surface area contributed by atoms with Crippen LogP contribution in [0.25, 0.3) is 11.4 Å². The molecular weight excluding hydrogens is 299 g/mol. The highest BCUT2D eigenvalue weighted by molar-refractivity contribution is 9.10. The minimum atomic E-state index is -0.313. The average molecular weight is 313 g/mol. The molecule has 2 aromatic rings. The van der Waals surface area contributed by atoms with E-state index >= 15 is 0 Å². The van der Waals surface area contributed by atoms with Gasteiger partial charge >= 0.3 is 0 Å². The van der Waals surface area contributed by atoms with Crippen LogP contribution in [0, 0.1) is 5.82 Å². The summed E-state index contributed by atoms with van der Waals surface area (Å²) in [6.45, 7) is 3.06. The lowest BCUT2D eigenvalue weighted by molar-refractivity contribution is 0.617. The first-order valence-corrected chi connectivity index (χ1v) is 6.54. The molecule has 0 amide bonds. The molecule has 96 valence electrons. The Morgan fingerprint density at radius 2 is 2.17 bits per heavy atom. The van der Waals surface area contributed by atoms with Crippen LogP contribution in [-0.2, 0) is 13.1 Å². The molecule has 0 aliphatic heterocycles. The summed E-state index contributed by atoms with van der Waals surface area (Å²) in [5.41, 5.74) is 6.05. The van der Waals surface area contributed by atoms with Crippen molar-refractivity contribution < 1.29 is 4.39 Å². The lowest BCUT2D eigenvalue weighted by Crippen LogP contribution is -2.09. The van der Waals surface area contributed by atoms with Gasteiger partial charge in [-0.05, 0) is 24.6 Å². The van der Waals surface area contributed by atoms with Crippen LogP contribution in [0.4, 0.5) is 4.39 Å². The zero-order valence-electron chi connectivity index (χ0n) is 10.0. The van der Waals surface area contributed by atoms with Gasteiger partial charge in [0.15, 0.2) is 5.82 Å². The summed E-state index contributed by atoms with van der Waals surface area (Å²) >= 11 is 3.33. The number of rotatable bonds is 4. The molecule has 2 rings (SSSR count). The molecule has 0 radical (unpaired) electrons. The fourth-order valence-corrected chi connectivity index (χ4v) is 2.17. The van der Waals surface area contributed by atoms with E-state index in [9.17, 15) is 4.39 Å². The molecular formula is C12H14BrFN4. The summed E-state index contributed by atoms with van der Waals surface area (Å²) in [4.78, 5) is 0. The Morgan fingerprint density at radius 1 is 1.39 bits per heavy atom. The standard InChI is InChI=1S/C12H14BrFN4/c1-2-5-18-11(7-15)16-17-12(18)9-6-8(13)3-4-10(9)14/h3-4,6H,2,5,7,15H2,1H3. The Balaban J connectivity index is 2.56. The predicted octanol–water partition coefficient (Wildman–Crippen LogP) is 2.72. The number of hydrogen-bond acceptors (Lipinski definition) is 3. The van der Waals surface area contributed by atoms with Gasteiger partial charge in [0, 0.05) is 11.0 Å². The second-order valence-electron chi connectivity index (χ2n) is 3.92. The van der Waals surface area contributed by atoms with E-state index in [1.165, 1.54) is 6.07 Å². The van der Waals surface area contributed by atoms with E-state index in [2.05, 4.69) is 26.1 Å². The minimum absolute atomic E-state index is 0.294. The van der Waals surface area contributed by atoms with E-state index < -0.39 is 0 Å². The Kier molecular flexibility index (Phi) is 4.08. The molecule has 0 aliphatic carbocycles. The summed E-state index contributed by atoms with van der Waals surface area (Å²) < 4.78 is 16.5. The smallest absolute Gasteiger partial charge is 0.167 e. The highest BCUT2D eigenvalue weighted by Crippen LogP contribution is 2.25. The first-order chi connectivity index (χ1) is 8.67.